The lowest BCUT2D eigenvalue weighted by atomic mass is 10.1. The van der Waals surface area contributed by atoms with E-state index in [0.29, 0.717) is 27.7 Å². The summed E-state index contributed by atoms with van der Waals surface area (Å²) in [7, 11) is -2.60. The van der Waals surface area contributed by atoms with Crippen molar-refractivity contribution in [1.29, 1.82) is 0 Å². The first-order valence-electron chi connectivity index (χ1n) is 9.42. The number of halogens is 1. The number of rotatable bonds is 5. The van der Waals surface area contributed by atoms with Crippen LogP contribution in [0.4, 0.5) is 11.4 Å². The Labute approximate surface area is 185 Å². The third-order valence-electron chi connectivity index (χ3n) is 4.91. The number of nitrogens with zero attached hydrogens (tertiary/aromatic N) is 1. The summed E-state index contributed by atoms with van der Waals surface area (Å²) in [6.45, 7) is 0.0653. The number of allylic oxidation sites excluding steroid dienone is 1. The molecule has 4 rings (SSSR count). The van der Waals surface area contributed by atoms with Gasteiger partial charge in [0, 0.05) is 16.8 Å². The number of ketones is 1. The molecule has 0 saturated carbocycles. The van der Waals surface area contributed by atoms with Crippen LogP contribution in [0.3, 0.4) is 0 Å². The van der Waals surface area contributed by atoms with E-state index in [0.717, 1.165) is 5.56 Å². The van der Waals surface area contributed by atoms with Gasteiger partial charge in [-0.1, -0.05) is 48.0 Å². The van der Waals surface area contributed by atoms with Crippen molar-refractivity contribution in [3.8, 4) is 5.75 Å². The molecule has 0 saturated heterocycles. The molecule has 1 aliphatic rings. The predicted molar refractivity (Wildman–Crippen MR) is 122 cm³/mol. The molecule has 1 heterocycles. The number of carbonyl (C=O) groups is 1. The first-order chi connectivity index (χ1) is 14.9. The third-order valence-corrected chi connectivity index (χ3v) is 6.93. The van der Waals surface area contributed by atoms with Gasteiger partial charge in [-0.25, -0.2) is 8.42 Å². The standard InChI is InChI=1S/C23H19ClN2O4S/c1-30-21-9-5-3-7-19(21)25-14-22-23(27)18-6-2-4-8-20(18)26(31(22,28)29)15-16-10-12-17(24)13-11-16/h2-14,25H,15H2,1H3. The molecule has 0 atom stereocenters. The van der Waals surface area contributed by atoms with Crippen LogP contribution in [-0.4, -0.2) is 21.3 Å². The number of sulfonamides is 1. The Hall–Kier alpha value is -3.29. The van der Waals surface area contributed by atoms with Gasteiger partial charge in [0.2, 0.25) is 5.78 Å². The molecule has 1 aliphatic heterocycles. The fraction of sp³-hybridized carbons (Fsp3) is 0.0870. The lowest BCUT2D eigenvalue weighted by Gasteiger charge is -2.31. The Kier molecular flexibility index (Phi) is 5.71. The van der Waals surface area contributed by atoms with E-state index in [1.54, 1.807) is 72.8 Å². The molecular weight excluding hydrogens is 436 g/mol. The number of ether oxygens (including phenoxy) is 1. The van der Waals surface area contributed by atoms with E-state index in [2.05, 4.69) is 5.32 Å². The molecule has 0 spiro atoms. The normalized spacial score (nSPS) is 16.1. The van der Waals surface area contributed by atoms with Crippen LogP contribution < -0.4 is 14.4 Å². The lowest BCUT2D eigenvalue weighted by Crippen LogP contribution is -2.39. The lowest BCUT2D eigenvalue weighted by molar-refractivity contribution is 0.104. The quantitative estimate of drug-likeness (QED) is 0.558. The maximum Gasteiger partial charge on any atom is 0.270 e. The topological polar surface area (TPSA) is 75.7 Å². The minimum Gasteiger partial charge on any atom is -0.495 e. The molecule has 0 aromatic heterocycles. The second kappa shape index (κ2) is 8.45. The van der Waals surface area contributed by atoms with Gasteiger partial charge in [0.25, 0.3) is 10.0 Å². The number of benzene rings is 3. The Balaban J connectivity index is 1.78. The van der Waals surface area contributed by atoms with Crippen LogP contribution in [0, 0.1) is 0 Å². The Morgan fingerprint density at radius 2 is 1.68 bits per heavy atom. The summed E-state index contributed by atoms with van der Waals surface area (Å²) >= 11 is 5.95. The van der Waals surface area contributed by atoms with Crippen molar-refractivity contribution < 1.29 is 17.9 Å². The summed E-state index contributed by atoms with van der Waals surface area (Å²) in [6.07, 6.45) is 1.22. The van der Waals surface area contributed by atoms with Crippen molar-refractivity contribution >= 4 is 38.8 Å². The van der Waals surface area contributed by atoms with Crippen molar-refractivity contribution in [2.24, 2.45) is 0 Å². The third kappa shape index (κ3) is 4.02. The molecule has 6 nitrogen and oxygen atoms in total. The van der Waals surface area contributed by atoms with Crippen LogP contribution in [0.1, 0.15) is 15.9 Å². The number of carbonyl (C=O) groups excluding carboxylic acids is 1. The SMILES string of the molecule is COc1ccccc1NC=C1C(=O)c2ccccc2N(Cc2ccc(Cl)cc2)S1(=O)=O. The number of anilines is 2. The summed E-state index contributed by atoms with van der Waals surface area (Å²) in [4.78, 5) is 12.7. The second-order valence-electron chi connectivity index (χ2n) is 6.84. The van der Waals surface area contributed by atoms with Gasteiger partial charge in [0.05, 0.1) is 25.0 Å². The Morgan fingerprint density at radius 1 is 1.00 bits per heavy atom. The highest BCUT2D eigenvalue weighted by Gasteiger charge is 2.40. The second-order valence-corrected chi connectivity index (χ2v) is 9.10. The van der Waals surface area contributed by atoms with E-state index in [1.165, 1.54) is 17.6 Å². The van der Waals surface area contributed by atoms with Gasteiger partial charge in [-0.3, -0.25) is 9.10 Å². The van der Waals surface area contributed by atoms with Crippen LogP contribution >= 0.6 is 11.6 Å². The first kappa shape index (κ1) is 21.0. The van der Waals surface area contributed by atoms with Crippen LogP contribution in [0.2, 0.25) is 5.02 Å². The zero-order valence-electron chi connectivity index (χ0n) is 16.6. The zero-order chi connectivity index (χ0) is 22.0. The highest BCUT2D eigenvalue weighted by Crippen LogP contribution is 2.36. The van der Waals surface area contributed by atoms with Crippen molar-refractivity contribution in [1.82, 2.24) is 0 Å². The van der Waals surface area contributed by atoms with Gasteiger partial charge in [0.1, 0.15) is 5.75 Å². The average molecular weight is 455 g/mol. The van der Waals surface area contributed by atoms with Crippen LogP contribution in [-0.2, 0) is 16.6 Å². The summed E-state index contributed by atoms with van der Waals surface area (Å²) in [6, 6.07) is 20.6. The first-order valence-corrected chi connectivity index (χ1v) is 11.2. The van der Waals surface area contributed by atoms with E-state index >= 15 is 0 Å². The van der Waals surface area contributed by atoms with Gasteiger partial charge in [-0.2, -0.15) is 0 Å². The molecule has 158 valence electrons. The fourth-order valence-corrected chi connectivity index (χ4v) is 5.01. The van der Waals surface area contributed by atoms with Crippen molar-refractivity contribution in [3.63, 3.8) is 0 Å². The molecule has 0 radical (unpaired) electrons. The molecular formula is C23H19ClN2O4S. The van der Waals surface area contributed by atoms with Crippen LogP contribution in [0.25, 0.3) is 0 Å². The van der Waals surface area contributed by atoms with Crippen molar-refractivity contribution in [2.75, 3.05) is 16.7 Å². The minimum absolute atomic E-state index is 0.0653. The summed E-state index contributed by atoms with van der Waals surface area (Å²) in [5.74, 6) is -0.0382. The number of nitrogens with one attached hydrogen (secondary N) is 1. The average Bonchev–Trinajstić information content (AvgIpc) is 2.78. The van der Waals surface area contributed by atoms with E-state index in [1.807, 2.05) is 0 Å². The molecule has 0 bridgehead atoms. The van der Waals surface area contributed by atoms with E-state index in [9.17, 15) is 13.2 Å². The summed E-state index contributed by atoms with van der Waals surface area (Å²) in [5.41, 5.74) is 1.95. The molecule has 0 fully saturated rings. The zero-order valence-corrected chi connectivity index (χ0v) is 18.2. The maximum atomic E-state index is 13.5. The fourth-order valence-electron chi connectivity index (χ4n) is 3.35. The highest BCUT2D eigenvalue weighted by atomic mass is 35.5. The Bertz CT molecular complexity index is 1270. The van der Waals surface area contributed by atoms with E-state index in [4.69, 9.17) is 16.3 Å². The molecule has 1 N–H and O–H groups in total. The summed E-state index contributed by atoms with van der Waals surface area (Å²) < 4.78 is 33.5. The van der Waals surface area contributed by atoms with Gasteiger partial charge in [0.15, 0.2) is 4.91 Å². The molecule has 0 aliphatic carbocycles. The van der Waals surface area contributed by atoms with Gasteiger partial charge >= 0.3 is 0 Å². The molecule has 3 aromatic carbocycles. The summed E-state index contributed by atoms with van der Waals surface area (Å²) in [5, 5.41) is 3.47. The molecule has 8 heteroatoms. The predicted octanol–water partition coefficient (Wildman–Crippen LogP) is 4.83. The van der Waals surface area contributed by atoms with Crippen LogP contribution in [0.5, 0.6) is 5.75 Å². The Morgan fingerprint density at radius 3 is 2.42 bits per heavy atom. The molecule has 3 aromatic rings. The number of hydrogen-bond acceptors (Lipinski definition) is 5. The van der Waals surface area contributed by atoms with E-state index in [-0.39, 0.29) is 11.4 Å². The van der Waals surface area contributed by atoms with Gasteiger partial charge in [-0.05, 0) is 42.0 Å². The van der Waals surface area contributed by atoms with Crippen LogP contribution in [0.15, 0.2) is 83.9 Å². The largest absolute Gasteiger partial charge is 0.495 e. The number of methoxy groups -OCH3 is 1. The number of Topliss-reactive ketones (excluding diaryl/α,β-unsaturated/α-hetero) is 1. The van der Waals surface area contributed by atoms with Gasteiger partial charge < -0.3 is 10.1 Å². The maximum absolute atomic E-state index is 13.5. The van der Waals surface area contributed by atoms with E-state index < -0.39 is 15.8 Å². The van der Waals surface area contributed by atoms with Crippen molar-refractivity contribution in [2.45, 2.75) is 6.54 Å². The number of hydrogen-bond donors (Lipinski definition) is 1. The molecule has 0 unspecified atom stereocenters. The highest BCUT2D eigenvalue weighted by molar-refractivity contribution is 7.97. The number of fused-ring (bicyclic) bond motifs is 1. The minimum atomic E-state index is -4.12. The molecule has 31 heavy (non-hydrogen) atoms. The number of para-hydroxylation sites is 3. The van der Waals surface area contributed by atoms with Gasteiger partial charge in [-0.15, -0.1) is 0 Å². The smallest absolute Gasteiger partial charge is 0.270 e. The monoisotopic (exact) mass is 454 g/mol. The molecule has 0 amide bonds. The van der Waals surface area contributed by atoms with Crippen molar-refractivity contribution in [3.05, 3.63) is 100 Å².